The number of aromatic amines is 2. The smallest absolute Gasteiger partial charge is 0.323 e. The Labute approximate surface area is 202 Å². The summed E-state index contributed by atoms with van der Waals surface area (Å²) in [4.78, 5) is 30.5. The molecule has 172 valence electrons. The van der Waals surface area contributed by atoms with Crippen LogP contribution >= 0.6 is 23.1 Å². The molecule has 0 bridgehead atoms. The van der Waals surface area contributed by atoms with Crippen molar-refractivity contribution in [3.05, 3.63) is 70.0 Å². The Morgan fingerprint density at radius 3 is 2.79 bits per heavy atom. The fourth-order valence-corrected chi connectivity index (χ4v) is 5.00. The van der Waals surface area contributed by atoms with Crippen LogP contribution in [0.3, 0.4) is 0 Å². The maximum Gasteiger partial charge on any atom is 0.323 e. The number of rotatable bonds is 7. The summed E-state index contributed by atoms with van der Waals surface area (Å²) < 4.78 is 7.53. The van der Waals surface area contributed by atoms with Crippen LogP contribution in [0.15, 0.2) is 63.9 Å². The van der Waals surface area contributed by atoms with E-state index in [1.165, 1.54) is 11.8 Å². The molecule has 0 saturated heterocycles. The van der Waals surface area contributed by atoms with Gasteiger partial charge in [0.1, 0.15) is 5.75 Å². The Hall–Kier alpha value is -3.83. The number of benzene rings is 2. The van der Waals surface area contributed by atoms with Crippen molar-refractivity contribution in [1.82, 2.24) is 24.7 Å². The Morgan fingerprint density at radius 1 is 1.15 bits per heavy atom. The average Bonchev–Trinajstić information content (AvgIpc) is 3.56. The standard InChI is InChI=1S/C23H20N6O3S2/c1-13-5-8-18(32-2)17(10-13)29-21(19-4-3-9-33-19)27-28-23(29)34-12-20(30)24-14-6-7-15-16(11-14)26-22(31)25-15/h3-11H,12H2,1-2H3,(H,24,30)(H2,25,26,31). The van der Waals surface area contributed by atoms with Crippen LogP contribution in [-0.4, -0.2) is 43.5 Å². The molecule has 34 heavy (non-hydrogen) atoms. The van der Waals surface area contributed by atoms with E-state index >= 15 is 0 Å². The number of anilines is 1. The van der Waals surface area contributed by atoms with Gasteiger partial charge in [-0.1, -0.05) is 23.9 Å². The first kappa shape index (κ1) is 22.0. The monoisotopic (exact) mass is 492 g/mol. The van der Waals surface area contributed by atoms with Crippen LogP contribution in [0, 0.1) is 6.92 Å². The number of methoxy groups -OCH3 is 1. The van der Waals surface area contributed by atoms with E-state index in [2.05, 4.69) is 25.5 Å². The zero-order valence-electron chi connectivity index (χ0n) is 18.3. The van der Waals surface area contributed by atoms with Crippen molar-refractivity contribution in [2.45, 2.75) is 12.1 Å². The van der Waals surface area contributed by atoms with Crippen molar-refractivity contribution in [2.24, 2.45) is 0 Å². The van der Waals surface area contributed by atoms with Gasteiger partial charge in [0, 0.05) is 5.69 Å². The zero-order valence-corrected chi connectivity index (χ0v) is 19.9. The third-order valence-electron chi connectivity index (χ3n) is 5.08. The molecule has 5 aromatic rings. The largest absolute Gasteiger partial charge is 0.495 e. The van der Waals surface area contributed by atoms with Crippen molar-refractivity contribution in [3.8, 4) is 22.1 Å². The number of thioether (sulfide) groups is 1. The molecule has 5 rings (SSSR count). The van der Waals surface area contributed by atoms with Crippen LogP contribution in [0.2, 0.25) is 0 Å². The highest BCUT2D eigenvalue weighted by Crippen LogP contribution is 2.34. The van der Waals surface area contributed by atoms with Gasteiger partial charge in [-0.2, -0.15) is 0 Å². The Morgan fingerprint density at radius 2 is 2.00 bits per heavy atom. The first-order valence-electron chi connectivity index (χ1n) is 10.3. The second kappa shape index (κ2) is 9.20. The van der Waals surface area contributed by atoms with E-state index in [-0.39, 0.29) is 17.3 Å². The number of amides is 1. The van der Waals surface area contributed by atoms with Crippen molar-refractivity contribution < 1.29 is 9.53 Å². The van der Waals surface area contributed by atoms with Gasteiger partial charge in [-0.15, -0.1) is 21.5 Å². The fourth-order valence-electron chi connectivity index (χ4n) is 3.56. The number of thiophene rings is 1. The van der Waals surface area contributed by atoms with Crippen LogP contribution in [0.5, 0.6) is 5.75 Å². The topological polar surface area (TPSA) is 118 Å². The number of carbonyl (C=O) groups excluding carboxylic acids is 1. The van der Waals surface area contributed by atoms with Gasteiger partial charge in [-0.05, 0) is 54.3 Å². The van der Waals surface area contributed by atoms with Crippen LogP contribution in [-0.2, 0) is 4.79 Å². The molecule has 0 aliphatic heterocycles. The van der Waals surface area contributed by atoms with Crippen molar-refractivity contribution in [2.75, 3.05) is 18.2 Å². The molecule has 1 amide bonds. The third kappa shape index (κ3) is 4.35. The van der Waals surface area contributed by atoms with Gasteiger partial charge in [0.05, 0.1) is 34.5 Å². The molecular weight excluding hydrogens is 472 g/mol. The van der Waals surface area contributed by atoms with Crippen LogP contribution in [0.1, 0.15) is 5.56 Å². The molecule has 0 spiro atoms. The molecule has 0 atom stereocenters. The molecule has 0 unspecified atom stereocenters. The van der Waals surface area contributed by atoms with Crippen LogP contribution in [0.25, 0.3) is 27.4 Å². The van der Waals surface area contributed by atoms with E-state index in [9.17, 15) is 9.59 Å². The predicted octanol–water partition coefficient (Wildman–Crippen LogP) is 4.21. The lowest BCUT2D eigenvalue weighted by Gasteiger charge is -2.14. The Kier molecular flexibility index (Phi) is 5.95. The number of hydrogen-bond donors (Lipinski definition) is 3. The van der Waals surface area contributed by atoms with Gasteiger partial charge >= 0.3 is 5.69 Å². The molecule has 0 aliphatic carbocycles. The third-order valence-corrected chi connectivity index (χ3v) is 6.88. The number of hydrogen-bond acceptors (Lipinski definition) is 7. The van der Waals surface area contributed by atoms with Gasteiger partial charge in [-0.3, -0.25) is 9.36 Å². The maximum absolute atomic E-state index is 12.7. The molecule has 3 N–H and O–H groups in total. The summed E-state index contributed by atoms with van der Waals surface area (Å²) in [6, 6.07) is 15.0. The molecule has 3 aromatic heterocycles. The van der Waals surface area contributed by atoms with Gasteiger partial charge in [0.2, 0.25) is 5.91 Å². The molecule has 3 heterocycles. The number of aryl methyl sites for hydroxylation is 1. The minimum atomic E-state index is -0.290. The molecule has 0 saturated carbocycles. The lowest BCUT2D eigenvalue weighted by Crippen LogP contribution is -2.14. The van der Waals surface area contributed by atoms with Crippen LogP contribution in [0.4, 0.5) is 5.69 Å². The van der Waals surface area contributed by atoms with E-state index in [0.29, 0.717) is 33.5 Å². The second-order valence-corrected chi connectivity index (χ2v) is 9.36. The molecule has 0 fully saturated rings. The average molecular weight is 493 g/mol. The summed E-state index contributed by atoms with van der Waals surface area (Å²) in [6.45, 7) is 2.01. The predicted molar refractivity (Wildman–Crippen MR) is 134 cm³/mol. The summed E-state index contributed by atoms with van der Waals surface area (Å²) in [5, 5.41) is 14.2. The van der Waals surface area contributed by atoms with Crippen LogP contribution < -0.4 is 15.7 Å². The Bertz CT molecular complexity index is 1530. The molecule has 11 heteroatoms. The summed E-state index contributed by atoms with van der Waals surface area (Å²) in [7, 11) is 1.62. The van der Waals surface area contributed by atoms with Crippen molar-refractivity contribution in [1.29, 1.82) is 0 Å². The molecule has 0 radical (unpaired) electrons. The highest BCUT2D eigenvalue weighted by Gasteiger charge is 2.20. The zero-order chi connectivity index (χ0) is 23.7. The number of H-pyrrole nitrogens is 2. The summed E-state index contributed by atoms with van der Waals surface area (Å²) in [5.41, 5.74) is 3.48. The van der Waals surface area contributed by atoms with Crippen molar-refractivity contribution >= 4 is 45.7 Å². The number of aromatic nitrogens is 5. The number of ether oxygens (including phenoxy) is 1. The fraction of sp³-hybridized carbons (Fsp3) is 0.130. The van der Waals surface area contributed by atoms with E-state index in [0.717, 1.165) is 16.1 Å². The van der Waals surface area contributed by atoms with Gasteiger partial charge in [0.25, 0.3) is 0 Å². The summed E-state index contributed by atoms with van der Waals surface area (Å²) in [5.74, 6) is 1.29. The minimum absolute atomic E-state index is 0.123. The first-order valence-corrected chi connectivity index (χ1v) is 12.2. The second-order valence-electron chi connectivity index (χ2n) is 7.47. The number of nitrogens with one attached hydrogen (secondary N) is 3. The van der Waals surface area contributed by atoms with E-state index < -0.39 is 0 Å². The molecular formula is C23H20N6O3S2. The molecule has 2 aromatic carbocycles. The highest BCUT2D eigenvalue weighted by atomic mass is 32.2. The van der Waals surface area contributed by atoms with Gasteiger partial charge < -0.3 is 20.0 Å². The summed E-state index contributed by atoms with van der Waals surface area (Å²) >= 11 is 2.85. The van der Waals surface area contributed by atoms with Gasteiger partial charge in [-0.25, -0.2) is 4.79 Å². The van der Waals surface area contributed by atoms with Crippen molar-refractivity contribution in [3.63, 3.8) is 0 Å². The van der Waals surface area contributed by atoms with E-state index in [4.69, 9.17) is 4.74 Å². The highest BCUT2D eigenvalue weighted by molar-refractivity contribution is 7.99. The number of carbonyl (C=O) groups is 1. The number of imidazole rings is 1. The SMILES string of the molecule is COc1ccc(C)cc1-n1c(SCC(=O)Nc2ccc3[nH]c(=O)[nH]c3c2)nnc1-c1cccs1. The summed E-state index contributed by atoms with van der Waals surface area (Å²) in [6.07, 6.45) is 0. The number of nitrogens with zero attached hydrogens (tertiary/aromatic N) is 3. The van der Waals surface area contributed by atoms with Gasteiger partial charge in [0.15, 0.2) is 11.0 Å². The van der Waals surface area contributed by atoms with E-state index in [1.54, 1.807) is 36.6 Å². The maximum atomic E-state index is 12.7. The quantitative estimate of drug-likeness (QED) is 0.293. The molecule has 0 aliphatic rings. The first-order chi connectivity index (χ1) is 16.5. The lowest BCUT2D eigenvalue weighted by atomic mass is 10.2. The van der Waals surface area contributed by atoms with E-state index in [1.807, 2.05) is 47.2 Å². The normalized spacial score (nSPS) is 11.1. The minimum Gasteiger partial charge on any atom is -0.495 e. The Balaban J connectivity index is 1.42. The lowest BCUT2D eigenvalue weighted by molar-refractivity contribution is -0.113. The molecule has 9 nitrogen and oxygen atoms in total. The number of fused-ring (bicyclic) bond motifs is 1.